The smallest absolute Gasteiger partial charge is 0.348 e. The van der Waals surface area contributed by atoms with E-state index in [1.54, 1.807) is 0 Å². The van der Waals surface area contributed by atoms with E-state index in [0.717, 1.165) is 40.1 Å². The minimum Gasteiger partial charge on any atom is -0.465 e. The lowest BCUT2D eigenvalue weighted by Crippen LogP contribution is -1.97. The fraction of sp³-hybridized carbons (Fsp3) is 0.368. The average Bonchev–Trinajstić information content (AvgIpc) is 3.31. The summed E-state index contributed by atoms with van der Waals surface area (Å²) in [6, 6.07) is 3.88. The maximum Gasteiger partial charge on any atom is 0.348 e. The number of esters is 2. The summed E-state index contributed by atoms with van der Waals surface area (Å²) in [6.45, 7) is 4.07. The fourth-order valence-corrected chi connectivity index (χ4v) is 5.23. The van der Waals surface area contributed by atoms with Crippen LogP contribution in [0.5, 0.6) is 0 Å². The number of methoxy groups -OCH3 is 2. The van der Waals surface area contributed by atoms with Crippen LogP contribution in [0.2, 0.25) is 0 Å². The molecule has 132 valence electrons. The maximum atomic E-state index is 11.8. The highest BCUT2D eigenvalue weighted by atomic mass is 32.1. The summed E-state index contributed by atoms with van der Waals surface area (Å²) in [5.74, 6) is -0.585. The van der Waals surface area contributed by atoms with Crippen molar-refractivity contribution < 1.29 is 19.1 Å². The number of ether oxygens (including phenoxy) is 2. The molecule has 0 radical (unpaired) electrons. The average molecular weight is 376 g/mol. The van der Waals surface area contributed by atoms with Crippen molar-refractivity contribution in [3.8, 4) is 0 Å². The Kier molecular flexibility index (Phi) is 5.11. The monoisotopic (exact) mass is 376 g/mol. The summed E-state index contributed by atoms with van der Waals surface area (Å²) in [6.07, 6.45) is 3.04. The number of carbonyl (C=O) groups excluding carboxylic acids is 2. The summed E-state index contributed by atoms with van der Waals surface area (Å²) >= 11 is 2.94. The van der Waals surface area contributed by atoms with Crippen molar-refractivity contribution in [3.63, 3.8) is 0 Å². The van der Waals surface area contributed by atoms with E-state index < -0.39 is 0 Å². The van der Waals surface area contributed by atoms with Crippen LogP contribution in [0.3, 0.4) is 0 Å². The number of aryl methyl sites for hydroxylation is 2. The van der Waals surface area contributed by atoms with Gasteiger partial charge in [0, 0.05) is 9.75 Å². The molecule has 0 unspecified atom stereocenters. The van der Waals surface area contributed by atoms with Gasteiger partial charge < -0.3 is 9.47 Å². The van der Waals surface area contributed by atoms with E-state index >= 15 is 0 Å². The molecule has 4 nitrogen and oxygen atoms in total. The van der Waals surface area contributed by atoms with Gasteiger partial charge in [-0.25, -0.2) is 9.59 Å². The van der Waals surface area contributed by atoms with Gasteiger partial charge in [-0.3, -0.25) is 0 Å². The van der Waals surface area contributed by atoms with Gasteiger partial charge in [0.05, 0.1) is 14.2 Å². The molecule has 1 aliphatic carbocycles. The molecule has 0 fully saturated rings. The molecule has 0 saturated carbocycles. The van der Waals surface area contributed by atoms with Crippen LogP contribution in [-0.4, -0.2) is 26.2 Å². The molecular formula is C19H20O4S2. The molecule has 0 N–H and O–H groups in total. The Balaban J connectivity index is 2.07. The lowest BCUT2D eigenvalue weighted by Gasteiger charge is -2.07. The molecule has 6 heteroatoms. The first kappa shape index (κ1) is 17.9. The van der Waals surface area contributed by atoms with E-state index in [2.05, 4.69) is 0 Å². The normalized spacial score (nSPS) is 14.1. The Labute approximate surface area is 155 Å². The zero-order valence-corrected chi connectivity index (χ0v) is 16.4. The van der Waals surface area contributed by atoms with Crippen LogP contribution in [0, 0.1) is 13.8 Å². The maximum absolute atomic E-state index is 11.8. The van der Waals surface area contributed by atoms with Crippen LogP contribution >= 0.6 is 22.7 Å². The highest BCUT2D eigenvalue weighted by molar-refractivity contribution is 7.14. The third-order valence-corrected chi connectivity index (χ3v) is 6.54. The van der Waals surface area contributed by atoms with Crippen LogP contribution in [0.15, 0.2) is 12.1 Å². The highest BCUT2D eigenvalue weighted by Gasteiger charge is 2.25. The first-order valence-corrected chi connectivity index (χ1v) is 9.69. The molecular weight excluding hydrogens is 356 g/mol. The largest absolute Gasteiger partial charge is 0.465 e. The fourth-order valence-electron chi connectivity index (χ4n) is 3.30. The van der Waals surface area contributed by atoms with Crippen LogP contribution < -0.4 is 0 Å². The first-order valence-electron chi connectivity index (χ1n) is 8.06. The Morgan fingerprint density at radius 2 is 1.24 bits per heavy atom. The molecule has 25 heavy (non-hydrogen) atoms. The van der Waals surface area contributed by atoms with Gasteiger partial charge in [-0.2, -0.15) is 0 Å². The summed E-state index contributed by atoms with van der Waals surface area (Å²) in [5.41, 5.74) is 4.81. The SMILES string of the molecule is COC(=O)c1cc(C2=C(c3cc(C(=O)OC)sc3C)CCC2)c(C)s1. The van der Waals surface area contributed by atoms with Gasteiger partial charge in [0.1, 0.15) is 9.75 Å². The molecule has 0 amide bonds. The Morgan fingerprint density at radius 3 is 1.60 bits per heavy atom. The predicted molar refractivity (Wildman–Crippen MR) is 101 cm³/mol. The second-order valence-electron chi connectivity index (χ2n) is 5.95. The lowest BCUT2D eigenvalue weighted by molar-refractivity contribution is 0.0597. The molecule has 0 spiro atoms. The summed E-state index contributed by atoms with van der Waals surface area (Å²) < 4.78 is 9.69. The van der Waals surface area contributed by atoms with Crippen molar-refractivity contribution in [1.82, 2.24) is 0 Å². The second-order valence-corrected chi connectivity index (χ2v) is 8.47. The van der Waals surface area contributed by atoms with E-state index in [9.17, 15) is 9.59 Å². The summed E-state index contributed by atoms with van der Waals surface area (Å²) in [7, 11) is 2.81. The van der Waals surface area contributed by atoms with Gasteiger partial charge in [0.15, 0.2) is 0 Å². The summed E-state index contributed by atoms with van der Waals surface area (Å²) in [5, 5.41) is 0. The van der Waals surface area contributed by atoms with Crippen molar-refractivity contribution in [2.45, 2.75) is 33.1 Å². The van der Waals surface area contributed by atoms with E-state index in [1.165, 1.54) is 48.0 Å². The summed E-state index contributed by atoms with van der Waals surface area (Å²) in [4.78, 5) is 27.2. The number of rotatable bonds is 4. The van der Waals surface area contributed by atoms with E-state index in [4.69, 9.17) is 9.47 Å². The van der Waals surface area contributed by atoms with Crippen LogP contribution in [0.25, 0.3) is 11.1 Å². The van der Waals surface area contributed by atoms with Crippen molar-refractivity contribution in [2.75, 3.05) is 14.2 Å². The third kappa shape index (κ3) is 3.28. The molecule has 2 aromatic heterocycles. The zero-order chi connectivity index (χ0) is 18.1. The molecule has 2 aromatic rings. The molecule has 1 aliphatic rings. The van der Waals surface area contributed by atoms with Gasteiger partial charge in [-0.05, 0) is 67.5 Å². The number of allylic oxidation sites excluding steroid dienone is 2. The number of carbonyl (C=O) groups is 2. The molecule has 0 atom stereocenters. The van der Waals surface area contributed by atoms with Crippen molar-refractivity contribution in [3.05, 3.63) is 42.8 Å². The van der Waals surface area contributed by atoms with Gasteiger partial charge >= 0.3 is 11.9 Å². The minimum absolute atomic E-state index is 0.292. The van der Waals surface area contributed by atoms with Gasteiger partial charge in [0.2, 0.25) is 0 Å². The lowest BCUT2D eigenvalue weighted by atomic mass is 9.97. The molecule has 3 rings (SSSR count). The molecule has 0 aromatic carbocycles. The molecule has 0 aliphatic heterocycles. The van der Waals surface area contributed by atoms with Crippen LogP contribution in [0.1, 0.15) is 59.5 Å². The zero-order valence-electron chi connectivity index (χ0n) is 14.7. The first-order chi connectivity index (χ1) is 12.0. The highest BCUT2D eigenvalue weighted by Crippen LogP contribution is 2.45. The number of thiophene rings is 2. The van der Waals surface area contributed by atoms with Crippen molar-refractivity contribution in [2.24, 2.45) is 0 Å². The van der Waals surface area contributed by atoms with E-state index in [-0.39, 0.29) is 11.9 Å². The topological polar surface area (TPSA) is 52.6 Å². The number of hydrogen-bond donors (Lipinski definition) is 0. The predicted octanol–water partition coefficient (Wildman–Crippen LogP) is 5.09. The second kappa shape index (κ2) is 7.14. The molecule has 0 bridgehead atoms. The van der Waals surface area contributed by atoms with Gasteiger partial charge in [0.25, 0.3) is 0 Å². The quantitative estimate of drug-likeness (QED) is 0.697. The van der Waals surface area contributed by atoms with Gasteiger partial charge in [-0.15, -0.1) is 22.7 Å². The van der Waals surface area contributed by atoms with Crippen molar-refractivity contribution in [1.29, 1.82) is 0 Å². The number of hydrogen-bond acceptors (Lipinski definition) is 6. The standard InChI is InChI=1S/C19H20O4S2/c1-10-14(8-16(24-10)18(20)22-3)12-6-5-7-13(12)15-9-17(19(21)23-4)25-11(15)2/h8-9H,5-7H2,1-4H3. The van der Waals surface area contributed by atoms with E-state index in [0.29, 0.717) is 9.75 Å². The third-order valence-electron chi connectivity index (χ3n) is 4.48. The van der Waals surface area contributed by atoms with E-state index in [1.807, 2.05) is 26.0 Å². The van der Waals surface area contributed by atoms with Crippen LogP contribution in [0.4, 0.5) is 0 Å². The molecule has 0 saturated heterocycles. The molecule has 2 heterocycles. The Hall–Kier alpha value is -1.92. The Bertz CT molecular complexity index is 800. The van der Waals surface area contributed by atoms with Crippen molar-refractivity contribution >= 4 is 45.8 Å². The minimum atomic E-state index is -0.292. The van der Waals surface area contributed by atoms with Crippen LogP contribution in [-0.2, 0) is 9.47 Å². The Morgan fingerprint density at radius 1 is 0.840 bits per heavy atom. The van der Waals surface area contributed by atoms with Gasteiger partial charge in [-0.1, -0.05) is 0 Å².